The summed E-state index contributed by atoms with van der Waals surface area (Å²) in [6, 6.07) is 1.63. The summed E-state index contributed by atoms with van der Waals surface area (Å²) in [6.45, 7) is 0.732. The number of H-pyrrole nitrogens is 1. The number of nitrogens with one attached hydrogen (secondary N) is 1. The molecule has 2 rings (SSSR count). The smallest absolute Gasteiger partial charge is 0.177 e. The monoisotopic (exact) mass is 210 g/mol. The molecule has 0 unspecified atom stereocenters. The molecule has 0 spiro atoms. The van der Waals surface area contributed by atoms with Gasteiger partial charge in [0, 0.05) is 13.3 Å². The van der Waals surface area contributed by atoms with E-state index in [1.54, 1.807) is 19.4 Å². The van der Waals surface area contributed by atoms with Crippen LogP contribution in [0.3, 0.4) is 0 Å². The van der Waals surface area contributed by atoms with E-state index in [1.807, 2.05) is 0 Å². The first-order chi connectivity index (χ1) is 7.33. The van der Waals surface area contributed by atoms with Gasteiger partial charge in [-0.15, -0.1) is 0 Å². The number of aromatic nitrogens is 2. The third-order valence-electron chi connectivity index (χ3n) is 2.03. The first-order valence-corrected chi connectivity index (χ1v) is 4.56. The van der Waals surface area contributed by atoms with Crippen molar-refractivity contribution in [3.05, 3.63) is 24.3 Å². The van der Waals surface area contributed by atoms with E-state index < -0.39 is 5.82 Å². The van der Waals surface area contributed by atoms with Gasteiger partial charge in [-0.3, -0.25) is 0 Å². The van der Waals surface area contributed by atoms with Crippen LogP contribution in [0.2, 0.25) is 0 Å². The van der Waals surface area contributed by atoms with Crippen LogP contribution in [-0.2, 0) is 4.74 Å². The van der Waals surface area contributed by atoms with Gasteiger partial charge in [0.1, 0.15) is 12.3 Å². The summed E-state index contributed by atoms with van der Waals surface area (Å²) < 4.78 is 23.7. The summed E-state index contributed by atoms with van der Waals surface area (Å²) in [5.74, 6) is -0.239. The number of ether oxygens (including phenoxy) is 2. The SMILES string of the molecule is COCCOc1cnc2[nH]ccc2c1F. The van der Waals surface area contributed by atoms with Crippen LogP contribution in [0.15, 0.2) is 18.5 Å². The van der Waals surface area contributed by atoms with Gasteiger partial charge in [0.15, 0.2) is 11.6 Å². The molecule has 0 amide bonds. The molecular formula is C10H11FN2O2. The van der Waals surface area contributed by atoms with E-state index in [9.17, 15) is 4.39 Å². The second-order valence-corrected chi connectivity index (χ2v) is 3.02. The van der Waals surface area contributed by atoms with Crippen molar-refractivity contribution in [3.63, 3.8) is 0 Å². The molecule has 2 aromatic heterocycles. The summed E-state index contributed by atoms with van der Waals surface area (Å²) >= 11 is 0. The second-order valence-electron chi connectivity index (χ2n) is 3.02. The van der Waals surface area contributed by atoms with Crippen molar-refractivity contribution in [2.75, 3.05) is 20.3 Å². The molecule has 0 aliphatic heterocycles. The molecule has 0 aromatic carbocycles. The Morgan fingerprint density at radius 1 is 1.47 bits per heavy atom. The highest BCUT2D eigenvalue weighted by Crippen LogP contribution is 2.23. The average molecular weight is 210 g/mol. The minimum absolute atomic E-state index is 0.152. The van der Waals surface area contributed by atoms with Gasteiger partial charge in [-0.1, -0.05) is 0 Å². The van der Waals surface area contributed by atoms with Crippen LogP contribution in [0.25, 0.3) is 11.0 Å². The lowest BCUT2D eigenvalue weighted by molar-refractivity contribution is 0.144. The lowest BCUT2D eigenvalue weighted by Gasteiger charge is -2.06. The largest absolute Gasteiger partial charge is 0.486 e. The molecule has 2 heterocycles. The van der Waals surface area contributed by atoms with Gasteiger partial charge in [-0.25, -0.2) is 9.37 Å². The molecule has 0 aliphatic carbocycles. The first-order valence-electron chi connectivity index (χ1n) is 4.56. The molecular weight excluding hydrogens is 199 g/mol. The maximum absolute atomic E-state index is 13.7. The topological polar surface area (TPSA) is 47.1 Å². The molecule has 1 N–H and O–H groups in total. The highest BCUT2D eigenvalue weighted by molar-refractivity contribution is 5.77. The van der Waals surface area contributed by atoms with Crippen molar-refractivity contribution in [2.45, 2.75) is 0 Å². The average Bonchev–Trinajstić information content (AvgIpc) is 2.70. The fourth-order valence-corrected chi connectivity index (χ4v) is 1.29. The van der Waals surface area contributed by atoms with E-state index in [-0.39, 0.29) is 5.75 Å². The molecule has 0 fully saturated rings. The normalized spacial score (nSPS) is 10.8. The van der Waals surface area contributed by atoms with Crippen LogP contribution in [-0.4, -0.2) is 30.3 Å². The van der Waals surface area contributed by atoms with Crippen molar-refractivity contribution in [3.8, 4) is 5.75 Å². The second kappa shape index (κ2) is 4.27. The number of hydrogen-bond acceptors (Lipinski definition) is 3. The predicted molar refractivity (Wildman–Crippen MR) is 53.4 cm³/mol. The Labute approximate surface area is 86.0 Å². The Kier molecular flexibility index (Phi) is 2.82. The summed E-state index contributed by atoms with van der Waals surface area (Å²) in [7, 11) is 1.56. The maximum atomic E-state index is 13.7. The first kappa shape index (κ1) is 9.92. The number of aromatic amines is 1. The van der Waals surface area contributed by atoms with Crippen molar-refractivity contribution < 1.29 is 13.9 Å². The Balaban J connectivity index is 2.23. The number of methoxy groups -OCH3 is 1. The zero-order valence-electron chi connectivity index (χ0n) is 8.29. The fourth-order valence-electron chi connectivity index (χ4n) is 1.29. The lowest BCUT2D eigenvalue weighted by Crippen LogP contribution is -2.05. The molecule has 4 nitrogen and oxygen atoms in total. The summed E-state index contributed by atoms with van der Waals surface area (Å²) in [5.41, 5.74) is 0.520. The molecule has 0 saturated heterocycles. The van der Waals surface area contributed by atoms with Crippen molar-refractivity contribution >= 4 is 11.0 Å². The van der Waals surface area contributed by atoms with Gasteiger partial charge >= 0.3 is 0 Å². The van der Waals surface area contributed by atoms with E-state index in [1.165, 1.54) is 6.20 Å². The van der Waals surface area contributed by atoms with Gasteiger partial charge in [0.25, 0.3) is 0 Å². The number of rotatable bonds is 4. The molecule has 2 aromatic rings. The molecule has 0 saturated carbocycles. The van der Waals surface area contributed by atoms with E-state index in [4.69, 9.17) is 9.47 Å². The zero-order chi connectivity index (χ0) is 10.7. The molecule has 0 bridgehead atoms. The third-order valence-corrected chi connectivity index (χ3v) is 2.03. The maximum Gasteiger partial charge on any atom is 0.177 e. The highest BCUT2D eigenvalue weighted by atomic mass is 19.1. The third kappa shape index (κ3) is 1.92. The Morgan fingerprint density at radius 2 is 2.33 bits per heavy atom. The van der Waals surface area contributed by atoms with Crippen molar-refractivity contribution in [1.29, 1.82) is 0 Å². The van der Waals surface area contributed by atoms with Gasteiger partial charge in [0.05, 0.1) is 18.2 Å². The van der Waals surface area contributed by atoms with Crippen LogP contribution in [0.5, 0.6) is 5.75 Å². The minimum atomic E-state index is -0.391. The number of halogens is 1. The Hall–Kier alpha value is -1.62. The Bertz CT molecular complexity index is 456. The predicted octanol–water partition coefficient (Wildman–Crippen LogP) is 1.73. The van der Waals surface area contributed by atoms with E-state index in [0.29, 0.717) is 24.2 Å². The summed E-state index contributed by atoms with van der Waals surface area (Å²) in [4.78, 5) is 6.84. The molecule has 0 atom stereocenters. The summed E-state index contributed by atoms with van der Waals surface area (Å²) in [5, 5.41) is 0.435. The lowest BCUT2D eigenvalue weighted by atomic mass is 10.3. The van der Waals surface area contributed by atoms with Crippen LogP contribution in [0.1, 0.15) is 0 Å². The van der Waals surface area contributed by atoms with E-state index in [0.717, 1.165) is 0 Å². The number of pyridine rings is 1. The van der Waals surface area contributed by atoms with Gasteiger partial charge in [0.2, 0.25) is 0 Å². The van der Waals surface area contributed by atoms with Gasteiger partial charge in [-0.05, 0) is 6.07 Å². The standard InChI is InChI=1S/C10H11FN2O2/c1-14-4-5-15-8-6-13-10-7(9(8)11)2-3-12-10/h2-3,6H,4-5H2,1H3,(H,12,13). The summed E-state index contributed by atoms with van der Waals surface area (Å²) in [6.07, 6.45) is 3.00. The Morgan fingerprint density at radius 3 is 3.13 bits per heavy atom. The number of fused-ring (bicyclic) bond motifs is 1. The van der Waals surface area contributed by atoms with E-state index in [2.05, 4.69) is 9.97 Å². The van der Waals surface area contributed by atoms with Crippen molar-refractivity contribution in [2.24, 2.45) is 0 Å². The molecule has 0 aliphatic rings. The van der Waals surface area contributed by atoms with Crippen LogP contribution in [0.4, 0.5) is 4.39 Å². The quantitative estimate of drug-likeness (QED) is 0.782. The molecule has 0 radical (unpaired) electrons. The molecule has 5 heteroatoms. The number of nitrogens with zero attached hydrogens (tertiary/aromatic N) is 1. The van der Waals surface area contributed by atoms with Gasteiger partial charge < -0.3 is 14.5 Å². The van der Waals surface area contributed by atoms with Crippen LogP contribution in [0, 0.1) is 5.82 Å². The van der Waals surface area contributed by atoms with Gasteiger partial charge in [-0.2, -0.15) is 0 Å². The molecule has 15 heavy (non-hydrogen) atoms. The minimum Gasteiger partial charge on any atom is -0.486 e. The number of hydrogen-bond donors (Lipinski definition) is 1. The fraction of sp³-hybridized carbons (Fsp3) is 0.300. The van der Waals surface area contributed by atoms with Crippen LogP contribution < -0.4 is 4.74 Å². The zero-order valence-corrected chi connectivity index (χ0v) is 8.29. The van der Waals surface area contributed by atoms with Crippen LogP contribution >= 0.6 is 0 Å². The van der Waals surface area contributed by atoms with Crippen molar-refractivity contribution in [1.82, 2.24) is 9.97 Å². The van der Waals surface area contributed by atoms with E-state index >= 15 is 0 Å². The molecule has 80 valence electrons. The highest BCUT2D eigenvalue weighted by Gasteiger charge is 2.09.